The third kappa shape index (κ3) is 4.58. The number of benzene rings is 1. The van der Waals surface area contributed by atoms with E-state index in [2.05, 4.69) is 16.3 Å². The van der Waals surface area contributed by atoms with E-state index in [9.17, 15) is 14.4 Å². The number of hydrogen-bond donors (Lipinski definition) is 1. The third-order valence-electron chi connectivity index (χ3n) is 6.88. The van der Waals surface area contributed by atoms with Crippen molar-refractivity contribution in [3.8, 4) is 6.07 Å². The molecule has 0 aromatic heterocycles. The van der Waals surface area contributed by atoms with Crippen LogP contribution in [0.4, 0.5) is 10.1 Å². The molecule has 1 aromatic carbocycles. The summed E-state index contributed by atoms with van der Waals surface area (Å²) in [5.74, 6) is -0.550. The number of halogens is 2. The van der Waals surface area contributed by atoms with Crippen LogP contribution in [0.1, 0.15) is 38.5 Å². The lowest BCUT2D eigenvalue weighted by atomic mass is 9.65. The van der Waals surface area contributed by atoms with Crippen molar-refractivity contribution in [3.05, 3.63) is 29.0 Å². The first kappa shape index (κ1) is 20.6. The Kier molecular flexibility index (Phi) is 5.83. The van der Waals surface area contributed by atoms with Crippen LogP contribution in [0.15, 0.2) is 18.2 Å². The van der Waals surface area contributed by atoms with Crippen LogP contribution < -0.4 is 5.32 Å². The molecule has 5 nitrogen and oxygen atoms in total. The number of nitrogens with zero attached hydrogens (tertiary/aromatic N) is 2. The molecule has 4 rings (SSSR count). The van der Waals surface area contributed by atoms with Crippen LogP contribution >= 0.6 is 11.6 Å². The van der Waals surface area contributed by atoms with E-state index in [-0.39, 0.29) is 22.3 Å². The fraction of sp³-hybridized carbons (Fsp3) is 0.636. The number of ether oxygens (including phenoxy) is 1. The fourth-order valence-corrected chi connectivity index (χ4v) is 5.41. The topological polar surface area (TPSA) is 65.4 Å². The predicted octanol–water partition coefficient (Wildman–Crippen LogP) is 4.23. The molecule has 1 saturated carbocycles. The minimum atomic E-state index is -0.454. The zero-order valence-electron chi connectivity index (χ0n) is 16.6. The minimum absolute atomic E-state index is 0.0438. The molecule has 0 radical (unpaired) electrons. The van der Waals surface area contributed by atoms with Crippen molar-refractivity contribution in [3.63, 3.8) is 0 Å². The fourth-order valence-electron chi connectivity index (χ4n) is 5.19. The van der Waals surface area contributed by atoms with Crippen LogP contribution in [0, 0.1) is 33.9 Å². The van der Waals surface area contributed by atoms with E-state index in [1.807, 2.05) is 0 Å². The van der Waals surface area contributed by atoms with Crippen LogP contribution in [-0.4, -0.2) is 43.7 Å². The summed E-state index contributed by atoms with van der Waals surface area (Å²) >= 11 is 5.86. The van der Waals surface area contributed by atoms with Gasteiger partial charge in [-0.2, -0.15) is 5.26 Å². The van der Waals surface area contributed by atoms with Gasteiger partial charge in [-0.05, 0) is 62.1 Å². The predicted molar refractivity (Wildman–Crippen MR) is 109 cm³/mol. The van der Waals surface area contributed by atoms with Gasteiger partial charge in [-0.3, -0.25) is 4.79 Å². The summed E-state index contributed by atoms with van der Waals surface area (Å²) in [7, 11) is 0. The van der Waals surface area contributed by atoms with Gasteiger partial charge in [-0.15, -0.1) is 0 Å². The van der Waals surface area contributed by atoms with E-state index in [0.29, 0.717) is 24.3 Å². The van der Waals surface area contributed by atoms with Gasteiger partial charge in [0.1, 0.15) is 5.82 Å². The normalized spacial score (nSPS) is 23.9. The van der Waals surface area contributed by atoms with Crippen LogP contribution in [0.3, 0.4) is 0 Å². The van der Waals surface area contributed by atoms with E-state index in [0.717, 1.165) is 58.2 Å². The second-order valence-electron chi connectivity index (χ2n) is 9.07. The summed E-state index contributed by atoms with van der Waals surface area (Å²) in [5.41, 5.74) is 0.442. The second kappa shape index (κ2) is 8.22. The molecule has 2 heterocycles. The van der Waals surface area contributed by atoms with Crippen molar-refractivity contribution < 1.29 is 13.9 Å². The smallest absolute Gasteiger partial charge is 0.227 e. The maximum atomic E-state index is 13.5. The molecule has 156 valence electrons. The molecule has 7 heteroatoms. The zero-order chi connectivity index (χ0) is 20.5. The average Bonchev–Trinajstić information content (AvgIpc) is 2.67. The summed E-state index contributed by atoms with van der Waals surface area (Å²) in [6.45, 7) is 4.23. The number of anilines is 1. The Morgan fingerprint density at radius 2 is 1.93 bits per heavy atom. The van der Waals surface area contributed by atoms with Crippen LogP contribution in [0.25, 0.3) is 0 Å². The SMILES string of the molecule is N#CC1(CN2CC3(CCC(C(=O)Nc4cc(F)cc(Cl)c4)CC3)C2)CCOCC1. The Balaban J connectivity index is 1.26. The van der Waals surface area contributed by atoms with E-state index >= 15 is 0 Å². The molecular weight excluding hydrogens is 393 g/mol. The van der Waals surface area contributed by atoms with Gasteiger partial charge in [0.05, 0.1) is 11.5 Å². The highest BCUT2D eigenvalue weighted by atomic mass is 35.5. The Morgan fingerprint density at radius 3 is 2.55 bits per heavy atom. The molecule has 1 N–H and O–H groups in total. The molecule has 2 saturated heterocycles. The monoisotopic (exact) mass is 419 g/mol. The maximum absolute atomic E-state index is 13.5. The van der Waals surface area contributed by atoms with Gasteiger partial charge < -0.3 is 15.0 Å². The summed E-state index contributed by atoms with van der Waals surface area (Å²) in [6.07, 6.45) is 5.38. The number of carbonyl (C=O) groups excluding carboxylic acids is 1. The van der Waals surface area contributed by atoms with Gasteiger partial charge in [-0.1, -0.05) is 11.6 Å². The van der Waals surface area contributed by atoms with Crippen molar-refractivity contribution in [2.75, 3.05) is 38.2 Å². The molecule has 29 heavy (non-hydrogen) atoms. The molecule has 0 unspecified atom stereocenters. The van der Waals surface area contributed by atoms with Crippen molar-refractivity contribution in [2.45, 2.75) is 38.5 Å². The second-order valence-corrected chi connectivity index (χ2v) is 9.51. The van der Waals surface area contributed by atoms with Crippen molar-refractivity contribution in [2.24, 2.45) is 16.7 Å². The number of carbonyl (C=O) groups is 1. The molecule has 1 aliphatic carbocycles. The number of amides is 1. The first-order valence-corrected chi connectivity index (χ1v) is 10.8. The molecule has 1 amide bonds. The van der Waals surface area contributed by atoms with Gasteiger partial charge in [-0.25, -0.2) is 4.39 Å². The number of likely N-dealkylation sites (tertiary alicyclic amines) is 1. The summed E-state index contributed by atoms with van der Waals surface area (Å²) in [4.78, 5) is 15.0. The largest absolute Gasteiger partial charge is 0.381 e. The lowest BCUT2D eigenvalue weighted by molar-refractivity contribution is -0.124. The minimum Gasteiger partial charge on any atom is -0.381 e. The Hall–Kier alpha value is -1.68. The average molecular weight is 420 g/mol. The lowest BCUT2D eigenvalue weighted by Gasteiger charge is -2.55. The first-order chi connectivity index (χ1) is 13.9. The highest BCUT2D eigenvalue weighted by Gasteiger charge is 2.48. The highest BCUT2D eigenvalue weighted by molar-refractivity contribution is 6.30. The number of nitriles is 1. The van der Waals surface area contributed by atoms with E-state index < -0.39 is 5.82 Å². The number of hydrogen-bond acceptors (Lipinski definition) is 4. The Bertz CT molecular complexity index is 783. The van der Waals surface area contributed by atoms with E-state index in [1.54, 1.807) is 6.07 Å². The summed E-state index contributed by atoms with van der Waals surface area (Å²) < 4.78 is 18.9. The van der Waals surface area contributed by atoms with Gasteiger partial charge >= 0.3 is 0 Å². The summed E-state index contributed by atoms with van der Waals surface area (Å²) in [5, 5.41) is 12.7. The standard InChI is InChI=1S/C22H27ClFN3O2/c23-17-9-18(24)11-19(10-17)26-20(28)16-1-3-22(4-2-16)14-27(15-22)13-21(12-25)5-7-29-8-6-21/h9-11,16H,1-8,13-15H2,(H,26,28). The quantitative estimate of drug-likeness (QED) is 0.793. The van der Waals surface area contributed by atoms with E-state index in [1.165, 1.54) is 12.1 Å². The van der Waals surface area contributed by atoms with Crippen LogP contribution in [0.5, 0.6) is 0 Å². The number of nitrogens with one attached hydrogen (secondary N) is 1. The van der Waals surface area contributed by atoms with E-state index in [4.69, 9.17) is 16.3 Å². The zero-order valence-corrected chi connectivity index (χ0v) is 17.3. The molecule has 3 fully saturated rings. The number of rotatable bonds is 4. The Labute approximate surface area is 176 Å². The van der Waals surface area contributed by atoms with Crippen LogP contribution in [-0.2, 0) is 9.53 Å². The Morgan fingerprint density at radius 1 is 1.24 bits per heavy atom. The summed E-state index contributed by atoms with van der Waals surface area (Å²) in [6, 6.07) is 6.63. The lowest BCUT2D eigenvalue weighted by Crippen LogP contribution is -2.60. The van der Waals surface area contributed by atoms with Gasteiger partial charge in [0.15, 0.2) is 0 Å². The molecule has 1 aromatic rings. The molecule has 2 aliphatic heterocycles. The molecule has 3 aliphatic rings. The molecule has 1 spiro atoms. The van der Waals surface area contributed by atoms with Crippen molar-refractivity contribution in [1.29, 1.82) is 5.26 Å². The van der Waals surface area contributed by atoms with Gasteiger partial charge in [0.25, 0.3) is 0 Å². The molecular formula is C22H27ClFN3O2. The highest BCUT2D eigenvalue weighted by Crippen LogP contribution is 2.47. The van der Waals surface area contributed by atoms with Crippen molar-refractivity contribution in [1.82, 2.24) is 4.90 Å². The maximum Gasteiger partial charge on any atom is 0.227 e. The molecule has 0 atom stereocenters. The third-order valence-corrected chi connectivity index (χ3v) is 7.10. The van der Waals surface area contributed by atoms with Crippen molar-refractivity contribution >= 4 is 23.2 Å². The van der Waals surface area contributed by atoms with Gasteiger partial charge in [0, 0.05) is 49.5 Å². The molecule has 0 bridgehead atoms. The first-order valence-electron chi connectivity index (χ1n) is 10.4. The van der Waals surface area contributed by atoms with Crippen LogP contribution in [0.2, 0.25) is 5.02 Å². The van der Waals surface area contributed by atoms with Gasteiger partial charge in [0.2, 0.25) is 5.91 Å².